The van der Waals surface area contributed by atoms with E-state index in [2.05, 4.69) is 29.9 Å². The van der Waals surface area contributed by atoms with Gasteiger partial charge in [0.25, 0.3) is 5.56 Å². The number of nitrogen functional groups attached to an aromatic ring is 2. The molecule has 2 bridgehead atoms. The number of hydrogen-bond acceptors (Lipinski definition) is 16. The van der Waals surface area contributed by atoms with Gasteiger partial charge in [-0.25, -0.2) is 24.5 Å². The zero-order valence-electron chi connectivity index (χ0n) is 22.8. The molecule has 2 aliphatic carbocycles. The molecular formula is C22H26N10O9P2S2. The van der Waals surface area contributed by atoms with Gasteiger partial charge in [-0.3, -0.25) is 23.4 Å². The zero-order chi connectivity index (χ0) is 31.6. The van der Waals surface area contributed by atoms with Crippen molar-refractivity contribution in [2.24, 2.45) is 11.3 Å². The summed E-state index contributed by atoms with van der Waals surface area (Å²) in [6, 6.07) is -0.696. The first-order valence-electron chi connectivity index (χ1n) is 13.6. The monoisotopic (exact) mass is 700 g/mol. The van der Waals surface area contributed by atoms with E-state index in [0.29, 0.717) is 17.6 Å². The van der Waals surface area contributed by atoms with E-state index in [4.69, 9.17) is 36.8 Å². The summed E-state index contributed by atoms with van der Waals surface area (Å²) < 4.78 is 33.7. The predicted octanol–water partition coefficient (Wildman–Crippen LogP) is -0.777. The number of aliphatic hydroxyl groups excluding tert-OH is 2. The van der Waals surface area contributed by atoms with E-state index >= 15 is 0 Å². The summed E-state index contributed by atoms with van der Waals surface area (Å²) >= 11 is 6.75. The highest BCUT2D eigenvalue weighted by molar-refractivity contribution is 8.09. The number of nitrogens with zero attached hydrogens (tertiary/aromatic N) is 7. The number of phosphoric acid groups is 1. The van der Waals surface area contributed by atoms with E-state index in [1.165, 1.54) is 23.5 Å². The van der Waals surface area contributed by atoms with Crippen LogP contribution >= 0.6 is 26.1 Å². The highest BCUT2D eigenvalue weighted by atomic mass is 32.5. The minimum Gasteiger partial charge on any atom is -0.390 e. The molecule has 240 valence electrons. The average molecular weight is 701 g/mol. The number of aliphatic hydroxyl groups is 2. The Hall–Kier alpha value is -2.55. The van der Waals surface area contributed by atoms with Crippen LogP contribution in [0.5, 0.6) is 0 Å². The third-order valence-electron chi connectivity index (χ3n) is 9.13. The summed E-state index contributed by atoms with van der Waals surface area (Å²) in [4.78, 5) is 58.2. The number of anilines is 2. The van der Waals surface area contributed by atoms with Crippen LogP contribution in [0.1, 0.15) is 17.8 Å². The highest BCUT2D eigenvalue weighted by Crippen LogP contribution is 2.77. The molecular weight excluding hydrogens is 674 g/mol. The lowest BCUT2D eigenvalue weighted by Gasteiger charge is -2.35. The Morgan fingerprint density at radius 1 is 1.07 bits per heavy atom. The maximum absolute atomic E-state index is 13.5. The summed E-state index contributed by atoms with van der Waals surface area (Å²) in [6.45, 7) is -4.59. The first-order valence-corrected chi connectivity index (χ1v) is 18.8. The number of hydrogen-bond donors (Lipinski definition) is 7. The molecule has 0 amide bonds. The second-order valence-corrected chi connectivity index (χ2v) is 17.8. The largest absolute Gasteiger partial charge is 0.472 e. The second-order valence-electron chi connectivity index (χ2n) is 11.6. The van der Waals surface area contributed by atoms with Gasteiger partial charge in [0, 0.05) is 5.41 Å². The fraction of sp³-hybridized carbons (Fsp3) is 0.545. The number of aromatic nitrogens is 8. The Bertz CT molecular complexity index is 2030. The minimum absolute atomic E-state index is 0.0417. The lowest BCUT2D eigenvalue weighted by molar-refractivity contribution is -0.00223. The van der Waals surface area contributed by atoms with Gasteiger partial charge < -0.3 is 40.6 Å². The van der Waals surface area contributed by atoms with Crippen LogP contribution in [-0.4, -0.2) is 101 Å². The molecule has 11 atom stereocenters. The molecule has 4 aromatic rings. The lowest BCUT2D eigenvalue weighted by Crippen LogP contribution is -2.39. The van der Waals surface area contributed by atoms with Gasteiger partial charge in [0.1, 0.15) is 23.3 Å². The first kappa shape index (κ1) is 29.8. The number of nitrogens with two attached hydrogens (primary N) is 2. The standard InChI is InChI=1S/C22H26N10O9P2S2/c23-16-9-17(26-4-25-16)31(5-27-9)11-7-1-22(7)3-40-43(37,38)41-14-12(33)8(2-39-42(36,44)15(22)13(11)34)45-20(14)32-6-28-10-18(32)29-21(24)30-19(10)35/h4-8,11-15,20,33-34H,1-3H2,(H,36,44)(H,37,38)(H2,23,25,26)(H3,24,29,30,35)/t7-,8-,11-,12-,13+,14-,15+,20-,22?,42?/m1/s1. The smallest absolute Gasteiger partial charge is 0.390 e. The Kier molecular flexibility index (Phi) is 6.61. The molecule has 4 fully saturated rings. The van der Waals surface area contributed by atoms with Crippen LogP contribution < -0.4 is 17.0 Å². The van der Waals surface area contributed by atoms with Gasteiger partial charge in [-0.2, -0.15) is 4.98 Å². The highest BCUT2D eigenvalue weighted by Gasteiger charge is 2.75. The van der Waals surface area contributed by atoms with Crippen molar-refractivity contribution in [1.82, 2.24) is 39.0 Å². The van der Waals surface area contributed by atoms with Gasteiger partial charge >= 0.3 is 7.82 Å². The molecule has 2 aliphatic heterocycles. The molecule has 3 unspecified atom stereocenters. The Morgan fingerprint density at radius 2 is 1.82 bits per heavy atom. The van der Waals surface area contributed by atoms with Crippen molar-refractivity contribution in [3.8, 4) is 0 Å². The minimum atomic E-state index is -4.89. The van der Waals surface area contributed by atoms with Crippen LogP contribution in [0.3, 0.4) is 0 Å². The first-order chi connectivity index (χ1) is 21.3. The number of H-pyrrole nitrogens is 1. The Labute approximate surface area is 261 Å². The van der Waals surface area contributed by atoms with E-state index in [1.54, 1.807) is 4.57 Å². The SMILES string of the molecule is Nc1nc2c(ncn2[C@@H]2S[C@@H]3COP(O)(=S)[C@H]4[C@@H](O)[C@H](n5cnc6c(N)ncnc65)[C@H]5CC54COP(=O)(O)O[C@@H]2[C@@H]3O)c(=O)[nH]1. The van der Waals surface area contributed by atoms with Crippen molar-refractivity contribution < 1.29 is 38.1 Å². The molecule has 0 radical (unpaired) electrons. The Morgan fingerprint density at radius 3 is 2.62 bits per heavy atom. The van der Waals surface area contributed by atoms with Crippen LogP contribution in [0.2, 0.25) is 0 Å². The van der Waals surface area contributed by atoms with Gasteiger partial charge in [0.2, 0.25) is 5.95 Å². The molecule has 2 saturated carbocycles. The Balaban J connectivity index is 1.16. The third-order valence-corrected chi connectivity index (χ3v) is 14.7. The molecule has 4 aliphatic rings. The molecule has 6 heterocycles. The van der Waals surface area contributed by atoms with Crippen molar-refractivity contribution in [3.63, 3.8) is 0 Å². The molecule has 2 saturated heterocycles. The van der Waals surface area contributed by atoms with E-state index in [9.17, 15) is 29.4 Å². The number of imidazole rings is 2. The van der Waals surface area contributed by atoms with Crippen LogP contribution in [0.4, 0.5) is 11.8 Å². The van der Waals surface area contributed by atoms with Crippen molar-refractivity contribution in [3.05, 3.63) is 29.3 Å². The number of nitrogens with one attached hydrogen (secondary N) is 1. The van der Waals surface area contributed by atoms with Crippen LogP contribution in [0.25, 0.3) is 22.3 Å². The van der Waals surface area contributed by atoms with E-state index in [0.717, 1.165) is 11.8 Å². The third kappa shape index (κ3) is 4.45. The quantitative estimate of drug-likeness (QED) is 0.126. The van der Waals surface area contributed by atoms with Gasteiger partial charge in [0.15, 0.2) is 29.1 Å². The summed E-state index contributed by atoms with van der Waals surface area (Å²) in [5.74, 6) is -0.400. The second kappa shape index (κ2) is 9.98. The maximum atomic E-state index is 13.5. The van der Waals surface area contributed by atoms with Crippen molar-refractivity contribution in [1.29, 1.82) is 0 Å². The van der Waals surface area contributed by atoms with Crippen LogP contribution in [0.15, 0.2) is 23.8 Å². The van der Waals surface area contributed by atoms with Crippen molar-refractivity contribution >= 4 is 72.0 Å². The average Bonchev–Trinajstić information content (AvgIpc) is 3.29. The molecule has 19 nitrogen and oxygen atoms in total. The van der Waals surface area contributed by atoms with E-state index < -0.39 is 72.5 Å². The molecule has 45 heavy (non-hydrogen) atoms. The number of phosphoric ester groups is 1. The van der Waals surface area contributed by atoms with Gasteiger partial charge in [-0.05, 0) is 24.1 Å². The molecule has 23 heteroatoms. The van der Waals surface area contributed by atoms with E-state index in [-0.39, 0.29) is 35.5 Å². The van der Waals surface area contributed by atoms with Gasteiger partial charge in [-0.15, -0.1) is 11.8 Å². The predicted molar refractivity (Wildman–Crippen MR) is 161 cm³/mol. The molecule has 4 aromatic heterocycles. The number of rotatable bonds is 2. The molecule has 0 aromatic carbocycles. The van der Waals surface area contributed by atoms with Crippen molar-refractivity contribution in [2.45, 2.75) is 47.1 Å². The number of thioether (sulfide) groups is 1. The molecule has 8 rings (SSSR count). The fourth-order valence-corrected chi connectivity index (χ4v) is 13.1. The normalized spacial score (nSPS) is 41.4. The topological polar surface area (TPSA) is 285 Å². The number of fused-ring (bicyclic) bond motifs is 4. The number of aromatic amines is 1. The summed E-state index contributed by atoms with van der Waals surface area (Å²) in [7, 11) is -4.89. The molecule has 9 N–H and O–H groups in total. The van der Waals surface area contributed by atoms with Crippen LogP contribution in [-0.2, 0) is 29.9 Å². The molecule has 1 spiro atoms. The maximum Gasteiger partial charge on any atom is 0.472 e. The van der Waals surface area contributed by atoms with Gasteiger partial charge in [-0.1, -0.05) is 0 Å². The summed E-state index contributed by atoms with van der Waals surface area (Å²) in [5.41, 5.74) is 9.70. The fourth-order valence-electron chi connectivity index (χ4n) is 7.10. The summed E-state index contributed by atoms with van der Waals surface area (Å²) in [6.07, 6.45) is 0.302. The van der Waals surface area contributed by atoms with Crippen molar-refractivity contribution in [2.75, 3.05) is 24.7 Å². The summed E-state index contributed by atoms with van der Waals surface area (Å²) in [5, 5.41) is 21.2. The lowest BCUT2D eigenvalue weighted by atomic mass is 10.0. The zero-order valence-corrected chi connectivity index (χ0v) is 26.2. The van der Waals surface area contributed by atoms with Crippen LogP contribution in [0, 0.1) is 11.3 Å². The van der Waals surface area contributed by atoms with E-state index in [1.807, 2.05) is 0 Å². The van der Waals surface area contributed by atoms with Gasteiger partial charge in [0.05, 0.1) is 55.0 Å².